The molecule has 4 heteroatoms. The Balaban J connectivity index is 2.06. The Morgan fingerprint density at radius 3 is 2.43 bits per heavy atom. The molecule has 0 fully saturated rings. The van der Waals surface area contributed by atoms with Crippen molar-refractivity contribution in [3.05, 3.63) is 64.2 Å². The van der Waals surface area contributed by atoms with Crippen LogP contribution >= 0.6 is 0 Å². The van der Waals surface area contributed by atoms with Crippen LogP contribution in [0, 0.1) is 20.8 Å². The lowest BCUT2D eigenvalue weighted by molar-refractivity contribution is -0.120. The highest BCUT2D eigenvalue weighted by Gasteiger charge is 2.08. The Hall–Kier alpha value is -2.62. The number of carbonyl (C=O) groups excluding carboxylic acids is 1. The lowest BCUT2D eigenvalue weighted by Crippen LogP contribution is -2.21. The van der Waals surface area contributed by atoms with Crippen molar-refractivity contribution in [2.75, 3.05) is 0 Å². The van der Waals surface area contributed by atoms with Crippen LogP contribution in [0.15, 0.2) is 41.5 Å². The predicted molar refractivity (Wildman–Crippen MR) is 92.8 cm³/mol. The largest absolute Gasteiger partial charge is 0.507 e. The van der Waals surface area contributed by atoms with Gasteiger partial charge in [-0.1, -0.05) is 35.4 Å². The summed E-state index contributed by atoms with van der Waals surface area (Å²) in [6.07, 6.45) is 0.280. The average Bonchev–Trinajstić information content (AvgIpc) is 2.50. The van der Waals surface area contributed by atoms with Crippen molar-refractivity contribution in [2.45, 2.75) is 34.1 Å². The number of rotatable bonds is 4. The highest BCUT2D eigenvalue weighted by atomic mass is 16.3. The average molecular weight is 310 g/mol. The molecule has 0 saturated carbocycles. The summed E-state index contributed by atoms with van der Waals surface area (Å²) in [5, 5.41) is 14.0. The smallest absolute Gasteiger partial charge is 0.244 e. The van der Waals surface area contributed by atoms with E-state index >= 15 is 0 Å². The van der Waals surface area contributed by atoms with Crippen LogP contribution in [-0.4, -0.2) is 16.7 Å². The Kier molecular flexibility index (Phi) is 5.16. The molecule has 2 aromatic carbocycles. The Morgan fingerprint density at radius 1 is 1.09 bits per heavy atom. The van der Waals surface area contributed by atoms with E-state index in [1.807, 2.05) is 45.0 Å². The van der Waals surface area contributed by atoms with Gasteiger partial charge in [-0.25, -0.2) is 5.43 Å². The van der Waals surface area contributed by atoms with Crippen molar-refractivity contribution < 1.29 is 9.90 Å². The van der Waals surface area contributed by atoms with Gasteiger partial charge in [-0.15, -0.1) is 0 Å². The van der Waals surface area contributed by atoms with Gasteiger partial charge in [0.25, 0.3) is 0 Å². The van der Waals surface area contributed by atoms with Gasteiger partial charge in [0.2, 0.25) is 5.91 Å². The Bertz CT molecular complexity index is 764. The summed E-state index contributed by atoms with van der Waals surface area (Å²) >= 11 is 0. The lowest BCUT2D eigenvalue weighted by atomic mass is 10.0. The molecule has 0 aliphatic rings. The van der Waals surface area contributed by atoms with Crippen molar-refractivity contribution in [3.63, 3.8) is 0 Å². The van der Waals surface area contributed by atoms with Crippen molar-refractivity contribution in [2.24, 2.45) is 5.10 Å². The van der Waals surface area contributed by atoms with Gasteiger partial charge in [-0.2, -0.15) is 5.10 Å². The molecule has 2 rings (SSSR count). The SMILES string of the molecule is C/C(=N\NC(=O)Cc1ccc(C)cc1C)c1cc(C)ccc1O. The zero-order valence-corrected chi connectivity index (χ0v) is 14.0. The Labute approximate surface area is 136 Å². The third-order valence-corrected chi connectivity index (χ3v) is 3.74. The zero-order chi connectivity index (χ0) is 17.0. The normalized spacial score (nSPS) is 11.4. The molecule has 4 nitrogen and oxygen atoms in total. The van der Waals surface area contributed by atoms with Gasteiger partial charge in [0.05, 0.1) is 12.1 Å². The van der Waals surface area contributed by atoms with Gasteiger partial charge < -0.3 is 5.11 Å². The van der Waals surface area contributed by atoms with Gasteiger partial charge in [-0.3, -0.25) is 4.79 Å². The third-order valence-electron chi connectivity index (χ3n) is 3.74. The van der Waals surface area contributed by atoms with Crippen molar-refractivity contribution in [3.8, 4) is 5.75 Å². The molecule has 0 unspecified atom stereocenters. The first-order valence-electron chi connectivity index (χ1n) is 7.56. The van der Waals surface area contributed by atoms with Crippen LogP contribution in [0.4, 0.5) is 0 Å². The molecule has 0 atom stereocenters. The number of phenols is 1. The number of hydrazone groups is 1. The van der Waals surface area contributed by atoms with Gasteiger partial charge in [0.15, 0.2) is 0 Å². The molecule has 0 aliphatic carbocycles. The molecule has 2 N–H and O–H groups in total. The van der Waals surface area contributed by atoms with Crippen molar-refractivity contribution in [1.29, 1.82) is 0 Å². The van der Waals surface area contributed by atoms with Crippen LogP contribution in [0.5, 0.6) is 5.75 Å². The Morgan fingerprint density at radius 2 is 1.74 bits per heavy atom. The molecule has 120 valence electrons. The van der Waals surface area contributed by atoms with Crippen LogP contribution in [-0.2, 0) is 11.2 Å². The molecule has 0 saturated heterocycles. The minimum absolute atomic E-state index is 0.153. The van der Waals surface area contributed by atoms with Crippen LogP contribution in [0.25, 0.3) is 0 Å². The maximum Gasteiger partial charge on any atom is 0.244 e. The summed E-state index contributed by atoms with van der Waals surface area (Å²) in [4.78, 5) is 12.1. The summed E-state index contributed by atoms with van der Waals surface area (Å²) in [6, 6.07) is 11.3. The number of hydrogen-bond acceptors (Lipinski definition) is 3. The maximum absolute atomic E-state index is 12.1. The maximum atomic E-state index is 12.1. The third kappa shape index (κ3) is 4.42. The van der Waals surface area contributed by atoms with E-state index < -0.39 is 0 Å². The van der Waals surface area contributed by atoms with Crippen LogP contribution in [0.1, 0.15) is 34.7 Å². The number of hydrogen-bond donors (Lipinski definition) is 2. The quantitative estimate of drug-likeness (QED) is 0.671. The lowest BCUT2D eigenvalue weighted by Gasteiger charge is -2.08. The molecule has 0 heterocycles. The van der Waals surface area contributed by atoms with E-state index in [9.17, 15) is 9.90 Å². The van der Waals surface area contributed by atoms with Crippen molar-refractivity contribution in [1.82, 2.24) is 5.43 Å². The van der Waals surface area contributed by atoms with E-state index in [-0.39, 0.29) is 18.1 Å². The number of amides is 1. The number of benzene rings is 2. The fourth-order valence-corrected chi connectivity index (χ4v) is 2.40. The summed E-state index contributed by atoms with van der Waals surface area (Å²) in [5.41, 5.74) is 8.03. The predicted octanol–water partition coefficient (Wildman–Crippen LogP) is 3.40. The molecular weight excluding hydrogens is 288 g/mol. The van der Waals surface area contributed by atoms with Crippen LogP contribution in [0.2, 0.25) is 0 Å². The molecule has 0 aliphatic heterocycles. The second-order valence-corrected chi connectivity index (χ2v) is 5.86. The fraction of sp³-hybridized carbons (Fsp3) is 0.263. The van der Waals surface area contributed by atoms with E-state index in [1.54, 1.807) is 13.0 Å². The van der Waals surface area contributed by atoms with Gasteiger partial charge in [0.1, 0.15) is 5.75 Å². The number of phenolic OH excluding ortho intramolecular Hbond substituents is 1. The number of carbonyl (C=O) groups is 1. The summed E-state index contributed by atoms with van der Waals surface area (Å²) in [7, 11) is 0. The van der Waals surface area contributed by atoms with Crippen LogP contribution in [0.3, 0.4) is 0 Å². The first-order valence-corrected chi connectivity index (χ1v) is 7.56. The van der Waals surface area contributed by atoms with E-state index in [2.05, 4.69) is 16.6 Å². The zero-order valence-electron chi connectivity index (χ0n) is 14.0. The first kappa shape index (κ1) is 16.7. The van der Waals surface area contributed by atoms with E-state index in [0.29, 0.717) is 11.3 Å². The summed E-state index contributed by atoms with van der Waals surface area (Å²) in [6.45, 7) is 7.72. The minimum Gasteiger partial charge on any atom is -0.507 e. The number of aromatic hydroxyl groups is 1. The molecule has 0 radical (unpaired) electrons. The molecular formula is C19H22N2O2. The van der Waals surface area contributed by atoms with E-state index in [1.165, 1.54) is 5.56 Å². The second kappa shape index (κ2) is 7.09. The molecule has 1 amide bonds. The monoisotopic (exact) mass is 310 g/mol. The van der Waals surface area contributed by atoms with Gasteiger partial charge in [0, 0.05) is 5.56 Å². The topological polar surface area (TPSA) is 61.7 Å². The second-order valence-electron chi connectivity index (χ2n) is 5.86. The fourth-order valence-electron chi connectivity index (χ4n) is 2.40. The number of aryl methyl sites for hydroxylation is 3. The minimum atomic E-state index is -0.177. The summed E-state index contributed by atoms with van der Waals surface area (Å²) < 4.78 is 0. The first-order chi connectivity index (χ1) is 10.9. The molecule has 2 aromatic rings. The molecule has 0 bridgehead atoms. The number of nitrogens with zero attached hydrogens (tertiary/aromatic N) is 1. The van der Waals surface area contributed by atoms with Crippen LogP contribution < -0.4 is 5.43 Å². The standard InChI is InChI=1S/C19H22N2O2/c1-12-5-7-16(14(3)9-12)11-19(23)21-20-15(4)17-10-13(2)6-8-18(17)22/h5-10,22H,11H2,1-4H3,(H,21,23)/b20-15+. The number of nitrogens with one attached hydrogen (secondary N) is 1. The van der Waals surface area contributed by atoms with Crippen molar-refractivity contribution >= 4 is 11.6 Å². The van der Waals surface area contributed by atoms with E-state index in [4.69, 9.17) is 0 Å². The highest BCUT2D eigenvalue weighted by molar-refractivity contribution is 6.01. The van der Waals surface area contributed by atoms with E-state index in [0.717, 1.165) is 16.7 Å². The van der Waals surface area contributed by atoms with Gasteiger partial charge in [-0.05, 0) is 51.0 Å². The van der Waals surface area contributed by atoms with Gasteiger partial charge >= 0.3 is 0 Å². The molecule has 23 heavy (non-hydrogen) atoms. The summed E-state index contributed by atoms with van der Waals surface area (Å²) in [5.74, 6) is -0.0241. The molecule has 0 spiro atoms. The highest BCUT2D eigenvalue weighted by Crippen LogP contribution is 2.18. The molecule has 0 aromatic heterocycles.